The van der Waals surface area contributed by atoms with E-state index in [1.165, 1.54) is 42.5 Å². The molecule has 0 aliphatic heterocycles. The zero-order valence-corrected chi connectivity index (χ0v) is 17.5. The Kier molecular flexibility index (Phi) is 5.90. The summed E-state index contributed by atoms with van der Waals surface area (Å²) in [6.45, 7) is -0.772. The molecule has 11 heteroatoms. The van der Waals surface area contributed by atoms with E-state index in [1.54, 1.807) is 5.38 Å². The zero-order valence-electron chi connectivity index (χ0n) is 16.7. The van der Waals surface area contributed by atoms with Crippen LogP contribution in [0, 0.1) is 5.82 Å². The van der Waals surface area contributed by atoms with Crippen molar-refractivity contribution in [3.63, 3.8) is 0 Å². The number of hydrogen-bond acceptors (Lipinski definition) is 4. The molecule has 6 nitrogen and oxygen atoms in total. The van der Waals surface area contributed by atoms with Crippen LogP contribution in [-0.4, -0.2) is 15.0 Å². The van der Waals surface area contributed by atoms with Crippen molar-refractivity contribution in [2.45, 2.75) is 19.3 Å². The molecule has 2 aromatic carbocycles. The fourth-order valence-electron chi connectivity index (χ4n) is 3.37. The van der Waals surface area contributed by atoms with Crippen LogP contribution in [0.25, 0.3) is 10.2 Å². The normalized spacial score (nSPS) is 11.6. The molecular formula is C22H15F4N3O3S. The van der Waals surface area contributed by atoms with E-state index in [1.807, 2.05) is 0 Å². The number of hydrogen-bond donors (Lipinski definition) is 1. The fourth-order valence-corrected chi connectivity index (χ4v) is 4.21. The molecule has 0 fully saturated rings. The molecule has 0 aliphatic carbocycles. The van der Waals surface area contributed by atoms with Crippen LogP contribution in [0.1, 0.15) is 11.1 Å². The van der Waals surface area contributed by atoms with Crippen molar-refractivity contribution in [1.29, 1.82) is 0 Å². The Morgan fingerprint density at radius 1 is 0.970 bits per heavy atom. The topological polar surface area (TPSA) is 73.1 Å². The van der Waals surface area contributed by atoms with Crippen LogP contribution in [-0.2, 0) is 24.1 Å². The van der Waals surface area contributed by atoms with E-state index < -0.39 is 46.9 Å². The summed E-state index contributed by atoms with van der Waals surface area (Å²) in [5.74, 6) is -1.35. The van der Waals surface area contributed by atoms with Gasteiger partial charge in [0.1, 0.15) is 17.1 Å². The monoisotopic (exact) mass is 477 g/mol. The third kappa shape index (κ3) is 4.58. The summed E-state index contributed by atoms with van der Waals surface area (Å²) in [6.07, 6.45) is -4.68. The van der Waals surface area contributed by atoms with E-state index in [2.05, 4.69) is 5.32 Å². The second-order valence-electron chi connectivity index (χ2n) is 7.11. The standard InChI is InChI=1S/C22H15F4N3O3S/c23-14-7-5-13(6-8-14)11-29-20(31)19-17(9-10-33-19)28(21(29)32)12-18(30)27-16-4-2-1-3-15(16)22(24,25)26/h1-10H,11-12H2,(H,27,30). The molecule has 0 bridgehead atoms. The lowest BCUT2D eigenvalue weighted by molar-refractivity contribution is -0.137. The van der Waals surface area contributed by atoms with Gasteiger partial charge in [0, 0.05) is 0 Å². The van der Waals surface area contributed by atoms with Gasteiger partial charge in [-0.25, -0.2) is 9.18 Å². The van der Waals surface area contributed by atoms with E-state index in [9.17, 15) is 31.9 Å². The van der Waals surface area contributed by atoms with Crippen LogP contribution in [0.3, 0.4) is 0 Å². The number of fused-ring (bicyclic) bond motifs is 1. The van der Waals surface area contributed by atoms with E-state index in [0.29, 0.717) is 5.56 Å². The van der Waals surface area contributed by atoms with Crippen molar-refractivity contribution in [2.75, 3.05) is 5.32 Å². The van der Waals surface area contributed by atoms with E-state index in [0.717, 1.165) is 32.6 Å². The highest BCUT2D eigenvalue weighted by Gasteiger charge is 2.33. The molecule has 0 saturated carbocycles. The summed E-state index contributed by atoms with van der Waals surface area (Å²) in [4.78, 5) is 38.5. The fraction of sp³-hybridized carbons (Fsp3) is 0.136. The molecular weight excluding hydrogens is 462 g/mol. The van der Waals surface area contributed by atoms with Gasteiger partial charge in [0.25, 0.3) is 5.56 Å². The number of benzene rings is 2. The van der Waals surface area contributed by atoms with Crippen LogP contribution in [0.4, 0.5) is 23.2 Å². The van der Waals surface area contributed by atoms with Crippen molar-refractivity contribution in [2.24, 2.45) is 0 Å². The lowest BCUT2D eigenvalue weighted by Gasteiger charge is -2.15. The molecule has 0 radical (unpaired) electrons. The maximum atomic E-state index is 13.2. The first-order valence-electron chi connectivity index (χ1n) is 9.56. The number of thiophene rings is 1. The number of nitrogens with one attached hydrogen (secondary N) is 1. The SMILES string of the molecule is O=C(Cn1c(=O)n(Cc2ccc(F)cc2)c(=O)c2sccc21)Nc1ccccc1C(F)(F)F. The van der Waals surface area contributed by atoms with Crippen LogP contribution in [0.5, 0.6) is 0 Å². The molecule has 1 N–H and O–H groups in total. The molecule has 4 rings (SSSR count). The number of amides is 1. The first kappa shape index (κ1) is 22.5. The maximum Gasteiger partial charge on any atom is 0.418 e. The Morgan fingerprint density at radius 2 is 1.67 bits per heavy atom. The summed E-state index contributed by atoms with van der Waals surface area (Å²) < 4.78 is 55.0. The highest BCUT2D eigenvalue weighted by atomic mass is 32.1. The predicted molar refractivity (Wildman–Crippen MR) is 116 cm³/mol. The number of carbonyl (C=O) groups excluding carboxylic acids is 1. The number of rotatable bonds is 5. The first-order valence-corrected chi connectivity index (χ1v) is 10.4. The van der Waals surface area contributed by atoms with Gasteiger partial charge in [0.2, 0.25) is 5.91 Å². The molecule has 0 saturated heterocycles. The number of para-hydroxylation sites is 1. The molecule has 2 aromatic heterocycles. The highest BCUT2D eigenvalue weighted by Crippen LogP contribution is 2.34. The van der Waals surface area contributed by atoms with Crippen LogP contribution in [0.15, 0.2) is 69.6 Å². The Bertz CT molecular complexity index is 1450. The van der Waals surface area contributed by atoms with E-state index >= 15 is 0 Å². The lowest BCUT2D eigenvalue weighted by atomic mass is 10.1. The third-order valence-corrected chi connectivity index (χ3v) is 5.79. The van der Waals surface area contributed by atoms with Gasteiger partial charge in [-0.3, -0.25) is 18.7 Å². The average molecular weight is 477 g/mol. The van der Waals surface area contributed by atoms with Crippen molar-refractivity contribution in [3.05, 3.63) is 97.8 Å². The highest BCUT2D eigenvalue weighted by molar-refractivity contribution is 7.17. The smallest absolute Gasteiger partial charge is 0.324 e. The van der Waals surface area contributed by atoms with Crippen molar-refractivity contribution >= 4 is 33.1 Å². The Labute approximate surface area is 187 Å². The predicted octanol–water partition coefficient (Wildman–Crippen LogP) is 4.07. The van der Waals surface area contributed by atoms with Crippen molar-refractivity contribution in [3.8, 4) is 0 Å². The quantitative estimate of drug-likeness (QED) is 0.441. The molecule has 33 heavy (non-hydrogen) atoms. The Morgan fingerprint density at radius 3 is 2.36 bits per heavy atom. The number of aromatic nitrogens is 2. The molecule has 170 valence electrons. The summed E-state index contributed by atoms with van der Waals surface area (Å²) in [5, 5.41) is 3.77. The Balaban J connectivity index is 1.71. The van der Waals surface area contributed by atoms with Gasteiger partial charge in [-0.1, -0.05) is 24.3 Å². The Hall–Kier alpha value is -3.73. The number of halogens is 4. The van der Waals surface area contributed by atoms with Gasteiger partial charge in [0.15, 0.2) is 0 Å². The minimum atomic E-state index is -4.68. The maximum absolute atomic E-state index is 13.2. The van der Waals surface area contributed by atoms with Gasteiger partial charge >= 0.3 is 11.9 Å². The van der Waals surface area contributed by atoms with E-state index in [-0.39, 0.29) is 16.8 Å². The van der Waals surface area contributed by atoms with Gasteiger partial charge in [0.05, 0.1) is 23.3 Å². The van der Waals surface area contributed by atoms with Gasteiger partial charge in [-0.2, -0.15) is 13.2 Å². The van der Waals surface area contributed by atoms with Gasteiger partial charge < -0.3 is 5.32 Å². The molecule has 0 atom stereocenters. The largest absolute Gasteiger partial charge is 0.418 e. The summed E-state index contributed by atoms with van der Waals surface area (Å²) >= 11 is 1.07. The van der Waals surface area contributed by atoms with Crippen LogP contribution >= 0.6 is 11.3 Å². The number of carbonyl (C=O) groups is 1. The number of anilines is 1. The zero-order chi connectivity index (χ0) is 23.8. The van der Waals surface area contributed by atoms with Crippen molar-refractivity contribution < 1.29 is 22.4 Å². The second kappa shape index (κ2) is 8.66. The summed E-state index contributed by atoms with van der Waals surface area (Å²) in [7, 11) is 0. The molecule has 4 aromatic rings. The second-order valence-corrected chi connectivity index (χ2v) is 8.03. The number of alkyl halides is 3. The first-order chi connectivity index (χ1) is 15.6. The van der Waals surface area contributed by atoms with E-state index in [4.69, 9.17) is 0 Å². The minimum absolute atomic E-state index is 0.162. The molecule has 0 spiro atoms. The molecule has 1 amide bonds. The molecule has 0 unspecified atom stereocenters. The van der Waals surface area contributed by atoms with Crippen molar-refractivity contribution in [1.82, 2.24) is 9.13 Å². The van der Waals surface area contributed by atoms with Gasteiger partial charge in [-0.05, 0) is 41.3 Å². The molecule has 0 aliphatic rings. The van der Waals surface area contributed by atoms with Crippen LogP contribution < -0.4 is 16.6 Å². The van der Waals surface area contributed by atoms with Gasteiger partial charge in [-0.15, -0.1) is 11.3 Å². The van der Waals surface area contributed by atoms with Crippen LogP contribution in [0.2, 0.25) is 0 Å². The third-order valence-electron chi connectivity index (χ3n) is 4.90. The number of nitrogens with zero attached hydrogens (tertiary/aromatic N) is 2. The molecule has 2 heterocycles. The summed E-state index contributed by atoms with van der Waals surface area (Å²) in [6, 6.07) is 11.2. The lowest BCUT2D eigenvalue weighted by Crippen LogP contribution is -2.41. The average Bonchev–Trinajstić information content (AvgIpc) is 3.25. The minimum Gasteiger partial charge on any atom is -0.324 e. The summed E-state index contributed by atoms with van der Waals surface area (Å²) in [5.41, 5.74) is -2.16.